The summed E-state index contributed by atoms with van der Waals surface area (Å²) < 4.78 is 19.8. The summed E-state index contributed by atoms with van der Waals surface area (Å²) in [5, 5.41) is 6.51. The summed E-state index contributed by atoms with van der Waals surface area (Å²) in [7, 11) is 1.74. The summed E-state index contributed by atoms with van der Waals surface area (Å²) in [5.41, 5.74) is 0. The molecule has 1 heterocycles. The Balaban J connectivity index is 1.87. The molecule has 94 valence electrons. The van der Waals surface area contributed by atoms with Crippen molar-refractivity contribution in [2.75, 3.05) is 11.9 Å². The molecule has 0 saturated heterocycles. The first-order valence-corrected chi connectivity index (χ1v) is 5.32. The molecule has 0 spiro atoms. The number of halogens is 1. The molecular formula is C12H12FN3O2. The molecule has 1 N–H and O–H groups in total. The molecule has 0 unspecified atom stereocenters. The molecule has 0 aliphatic heterocycles. The Labute approximate surface area is 103 Å². The van der Waals surface area contributed by atoms with Crippen molar-refractivity contribution >= 4 is 11.7 Å². The molecule has 1 aromatic heterocycles. The topological polar surface area (TPSA) is 56.2 Å². The van der Waals surface area contributed by atoms with E-state index in [0.717, 1.165) is 0 Å². The molecule has 2 aromatic rings. The van der Waals surface area contributed by atoms with Crippen molar-refractivity contribution in [2.24, 2.45) is 7.05 Å². The van der Waals surface area contributed by atoms with E-state index in [1.165, 1.54) is 12.1 Å². The maximum atomic E-state index is 13.2. The highest BCUT2D eigenvalue weighted by Crippen LogP contribution is 2.15. The van der Waals surface area contributed by atoms with Crippen molar-refractivity contribution in [1.82, 2.24) is 9.78 Å². The van der Waals surface area contributed by atoms with Gasteiger partial charge in [-0.25, -0.2) is 4.39 Å². The first-order chi connectivity index (χ1) is 8.65. The lowest BCUT2D eigenvalue weighted by Crippen LogP contribution is -2.20. The smallest absolute Gasteiger partial charge is 0.263 e. The van der Waals surface area contributed by atoms with E-state index in [1.807, 2.05) is 0 Å². The second-order valence-corrected chi connectivity index (χ2v) is 3.64. The molecule has 1 amide bonds. The van der Waals surface area contributed by atoms with E-state index < -0.39 is 11.7 Å². The Morgan fingerprint density at radius 1 is 1.44 bits per heavy atom. The number of aryl methyl sites for hydroxylation is 1. The number of nitrogens with zero attached hydrogens (tertiary/aromatic N) is 2. The van der Waals surface area contributed by atoms with Gasteiger partial charge >= 0.3 is 0 Å². The van der Waals surface area contributed by atoms with Gasteiger partial charge in [0.1, 0.15) is 0 Å². The van der Waals surface area contributed by atoms with Gasteiger partial charge in [-0.1, -0.05) is 12.1 Å². The third-order valence-electron chi connectivity index (χ3n) is 2.18. The minimum atomic E-state index is -0.497. The SMILES string of the molecule is Cn1ccc(NC(=O)COc2ccccc2F)n1. The number of rotatable bonds is 4. The molecule has 0 aliphatic carbocycles. The number of amides is 1. The first kappa shape index (κ1) is 12.1. The van der Waals surface area contributed by atoms with Crippen molar-refractivity contribution in [2.45, 2.75) is 0 Å². The fraction of sp³-hybridized carbons (Fsp3) is 0.167. The minimum Gasteiger partial charge on any atom is -0.481 e. The molecule has 2 rings (SSSR count). The molecule has 0 radical (unpaired) electrons. The molecule has 0 atom stereocenters. The Morgan fingerprint density at radius 3 is 2.89 bits per heavy atom. The van der Waals surface area contributed by atoms with Crippen LogP contribution in [0.5, 0.6) is 5.75 Å². The maximum absolute atomic E-state index is 13.2. The predicted molar refractivity (Wildman–Crippen MR) is 63.7 cm³/mol. The van der Waals surface area contributed by atoms with E-state index in [4.69, 9.17) is 4.74 Å². The monoisotopic (exact) mass is 249 g/mol. The Kier molecular flexibility index (Phi) is 3.57. The van der Waals surface area contributed by atoms with Crippen molar-refractivity contribution in [1.29, 1.82) is 0 Å². The van der Waals surface area contributed by atoms with Crippen LogP contribution in [0.3, 0.4) is 0 Å². The maximum Gasteiger partial charge on any atom is 0.263 e. The highest BCUT2D eigenvalue weighted by Gasteiger charge is 2.07. The lowest BCUT2D eigenvalue weighted by atomic mass is 10.3. The van der Waals surface area contributed by atoms with E-state index >= 15 is 0 Å². The number of hydrogen-bond donors (Lipinski definition) is 1. The summed E-state index contributed by atoms with van der Waals surface area (Å²) in [6.07, 6.45) is 1.70. The fourth-order valence-corrected chi connectivity index (χ4v) is 1.37. The molecule has 0 aliphatic rings. The van der Waals surface area contributed by atoms with Crippen LogP contribution in [-0.4, -0.2) is 22.3 Å². The second kappa shape index (κ2) is 5.31. The zero-order valence-electron chi connectivity index (χ0n) is 9.76. The third-order valence-corrected chi connectivity index (χ3v) is 2.18. The third kappa shape index (κ3) is 3.07. The van der Waals surface area contributed by atoms with Gasteiger partial charge in [-0.2, -0.15) is 5.10 Å². The lowest BCUT2D eigenvalue weighted by Gasteiger charge is -2.06. The average molecular weight is 249 g/mol. The van der Waals surface area contributed by atoms with Crippen molar-refractivity contribution in [3.8, 4) is 5.75 Å². The number of carbonyl (C=O) groups excluding carboxylic acids is 1. The molecule has 18 heavy (non-hydrogen) atoms. The summed E-state index contributed by atoms with van der Waals surface area (Å²) in [4.78, 5) is 11.5. The van der Waals surface area contributed by atoms with Gasteiger partial charge in [0.2, 0.25) is 0 Å². The molecule has 1 aromatic carbocycles. The van der Waals surface area contributed by atoms with Gasteiger partial charge in [-0.3, -0.25) is 9.48 Å². The highest BCUT2D eigenvalue weighted by atomic mass is 19.1. The van der Waals surface area contributed by atoms with Gasteiger partial charge < -0.3 is 10.1 Å². The zero-order valence-corrected chi connectivity index (χ0v) is 9.76. The first-order valence-electron chi connectivity index (χ1n) is 5.32. The number of nitrogens with one attached hydrogen (secondary N) is 1. The fourth-order valence-electron chi connectivity index (χ4n) is 1.37. The predicted octanol–water partition coefficient (Wildman–Crippen LogP) is 1.58. The van der Waals surface area contributed by atoms with Gasteiger partial charge in [0.05, 0.1) is 0 Å². The summed E-state index contributed by atoms with van der Waals surface area (Å²) in [6, 6.07) is 7.57. The highest BCUT2D eigenvalue weighted by molar-refractivity contribution is 5.90. The quantitative estimate of drug-likeness (QED) is 0.895. The van der Waals surface area contributed by atoms with Gasteiger partial charge in [-0.15, -0.1) is 0 Å². The van der Waals surface area contributed by atoms with Gasteiger partial charge in [0.25, 0.3) is 5.91 Å². The molecule has 6 heteroatoms. The molecule has 0 fully saturated rings. The van der Waals surface area contributed by atoms with Gasteiger partial charge in [-0.05, 0) is 12.1 Å². The van der Waals surface area contributed by atoms with Crippen LogP contribution in [0.4, 0.5) is 10.2 Å². The Hall–Kier alpha value is -2.37. The van der Waals surface area contributed by atoms with Gasteiger partial charge in [0.15, 0.2) is 24.0 Å². The van der Waals surface area contributed by atoms with Crippen LogP contribution in [0.2, 0.25) is 0 Å². The molecule has 5 nitrogen and oxygen atoms in total. The van der Waals surface area contributed by atoms with E-state index in [2.05, 4.69) is 10.4 Å². The van der Waals surface area contributed by atoms with Crippen LogP contribution in [-0.2, 0) is 11.8 Å². The van der Waals surface area contributed by atoms with Crippen LogP contribution in [0.15, 0.2) is 36.5 Å². The average Bonchev–Trinajstić information content (AvgIpc) is 2.74. The second-order valence-electron chi connectivity index (χ2n) is 3.64. The number of anilines is 1. The molecule has 0 bridgehead atoms. The number of hydrogen-bond acceptors (Lipinski definition) is 3. The van der Waals surface area contributed by atoms with Crippen LogP contribution in [0, 0.1) is 5.82 Å². The standard InChI is InChI=1S/C12H12FN3O2/c1-16-7-6-11(15-16)14-12(17)8-18-10-5-3-2-4-9(10)13/h2-7H,8H2,1H3,(H,14,15,17). The van der Waals surface area contributed by atoms with Crippen LogP contribution < -0.4 is 10.1 Å². The van der Waals surface area contributed by atoms with E-state index in [9.17, 15) is 9.18 Å². The number of aromatic nitrogens is 2. The Bertz CT molecular complexity index is 554. The van der Waals surface area contributed by atoms with E-state index in [1.54, 1.807) is 36.1 Å². The van der Waals surface area contributed by atoms with Gasteiger partial charge in [0, 0.05) is 19.3 Å². The molecule has 0 saturated carbocycles. The van der Waals surface area contributed by atoms with Crippen molar-refractivity contribution in [3.05, 3.63) is 42.3 Å². The van der Waals surface area contributed by atoms with E-state index in [0.29, 0.717) is 5.82 Å². The van der Waals surface area contributed by atoms with E-state index in [-0.39, 0.29) is 12.4 Å². The largest absolute Gasteiger partial charge is 0.481 e. The summed E-state index contributed by atoms with van der Waals surface area (Å²) in [5.74, 6) is -0.409. The number of ether oxygens (including phenoxy) is 1. The zero-order chi connectivity index (χ0) is 13.0. The summed E-state index contributed by atoms with van der Waals surface area (Å²) >= 11 is 0. The minimum absolute atomic E-state index is 0.0497. The Morgan fingerprint density at radius 2 is 2.22 bits per heavy atom. The number of para-hydroxylation sites is 1. The normalized spacial score (nSPS) is 10.1. The number of carbonyl (C=O) groups is 1. The summed E-state index contributed by atoms with van der Waals surface area (Å²) in [6.45, 7) is -0.266. The molecular weight excluding hydrogens is 237 g/mol. The lowest BCUT2D eigenvalue weighted by molar-refractivity contribution is -0.118. The number of benzene rings is 1. The van der Waals surface area contributed by atoms with Crippen molar-refractivity contribution < 1.29 is 13.9 Å². The van der Waals surface area contributed by atoms with Crippen molar-refractivity contribution in [3.63, 3.8) is 0 Å². The van der Waals surface area contributed by atoms with Crippen LogP contribution >= 0.6 is 0 Å². The van der Waals surface area contributed by atoms with Crippen LogP contribution in [0.25, 0.3) is 0 Å². The van der Waals surface area contributed by atoms with Crippen LogP contribution in [0.1, 0.15) is 0 Å².